The molecular weight excluding hydrogens is 300 g/mol. The minimum atomic E-state index is -0.200. The molecule has 0 unspecified atom stereocenters. The van der Waals surface area contributed by atoms with Crippen molar-refractivity contribution in [3.63, 3.8) is 0 Å². The van der Waals surface area contributed by atoms with Crippen molar-refractivity contribution in [2.24, 2.45) is 5.41 Å². The third-order valence-electron chi connectivity index (χ3n) is 3.10. The van der Waals surface area contributed by atoms with E-state index in [1.54, 1.807) is 12.1 Å². The highest BCUT2D eigenvalue weighted by Gasteiger charge is 2.15. The second-order valence-electron chi connectivity index (χ2n) is 6.54. The minimum absolute atomic E-state index is 0. The Morgan fingerprint density at radius 2 is 2.00 bits per heavy atom. The topological polar surface area (TPSA) is 83.8 Å². The number of hydrogen-bond acceptors (Lipinski definition) is 3. The zero-order chi connectivity index (χ0) is 15.6. The summed E-state index contributed by atoms with van der Waals surface area (Å²) in [6.07, 6.45) is 0.868. The molecule has 1 amide bonds. The molecule has 5 nitrogen and oxygen atoms in total. The van der Waals surface area contributed by atoms with Gasteiger partial charge in [0, 0.05) is 23.0 Å². The first-order chi connectivity index (χ1) is 9.74. The Morgan fingerprint density at radius 3 is 2.64 bits per heavy atom. The fourth-order valence-corrected chi connectivity index (χ4v) is 2.16. The maximum Gasteiger partial charge on any atom is 0.257 e. The van der Waals surface area contributed by atoms with Gasteiger partial charge in [0.05, 0.1) is 0 Å². The minimum Gasteiger partial charge on any atom is -0.399 e. The van der Waals surface area contributed by atoms with E-state index in [0.717, 1.165) is 17.7 Å². The average molecular weight is 323 g/mol. The molecule has 2 aromatic rings. The van der Waals surface area contributed by atoms with E-state index in [0.29, 0.717) is 17.1 Å². The highest BCUT2D eigenvalue weighted by molar-refractivity contribution is 6.05. The van der Waals surface area contributed by atoms with Crippen LogP contribution in [0.5, 0.6) is 0 Å². The molecule has 0 aliphatic carbocycles. The maximum atomic E-state index is 12.3. The zero-order valence-corrected chi connectivity index (χ0v) is 14.2. The predicted octanol–water partition coefficient (Wildman–Crippen LogP) is 3.56. The van der Waals surface area contributed by atoms with Gasteiger partial charge in [0.15, 0.2) is 5.82 Å². The van der Waals surface area contributed by atoms with Crippen LogP contribution in [-0.2, 0) is 6.42 Å². The first-order valence-corrected chi connectivity index (χ1v) is 6.96. The molecule has 0 saturated heterocycles. The summed E-state index contributed by atoms with van der Waals surface area (Å²) in [4.78, 5) is 12.3. The summed E-state index contributed by atoms with van der Waals surface area (Å²) in [6.45, 7) is 8.34. The molecule has 120 valence electrons. The fraction of sp³-hybridized carbons (Fsp3) is 0.375. The quantitative estimate of drug-likeness (QED) is 0.755. The van der Waals surface area contributed by atoms with Crippen LogP contribution in [0.25, 0.3) is 0 Å². The largest absolute Gasteiger partial charge is 0.399 e. The number of nitrogen functional groups attached to an aromatic ring is 1. The molecule has 4 N–H and O–H groups in total. The van der Waals surface area contributed by atoms with E-state index >= 15 is 0 Å². The molecule has 1 aromatic heterocycles. The van der Waals surface area contributed by atoms with E-state index in [4.69, 9.17) is 5.73 Å². The van der Waals surface area contributed by atoms with E-state index in [1.165, 1.54) is 0 Å². The van der Waals surface area contributed by atoms with Crippen molar-refractivity contribution < 1.29 is 4.79 Å². The number of nitrogens with one attached hydrogen (secondary N) is 2. The summed E-state index contributed by atoms with van der Waals surface area (Å²) < 4.78 is 0. The number of aromatic nitrogens is 2. The molecule has 1 heterocycles. The van der Waals surface area contributed by atoms with Gasteiger partial charge in [-0.3, -0.25) is 9.89 Å². The smallest absolute Gasteiger partial charge is 0.257 e. The number of carbonyl (C=O) groups excluding carboxylic acids is 1. The van der Waals surface area contributed by atoms with Crippen molar-refractivity contribution in [2.75, 3.05) is 11.1 Å². The number of amides is 1. The Hall–Kier alpha value is -2.01. The summed E-state index contributed by atoms with van der Waals surface area (Å²) in [5.74, 6) is 0.328. The third kappa shape index (κ3) is 4.77. The summed E-state index contributed by atoms with van der Waals surface area (Å²) in [5, 5.41) is 9.88. The first-order valence-electron chi connectivity index (χ1n) is 6.96. The molecule has 0 aliphatic rings. The summed E-state index contributed by atoms with van der Waals surface area (Å²) in [7, 11) is 0. The maximum absolute atomic E-state index is 12.3. The number of hydrogen-bond donors (Lipinski definition) is 3. The number of carbonyl (C=O) groups is 1. The van der Waals surface area contributed by atoms with Crippen molar-refractivity contribution in [1.29, 1.82) is 0 Å². The Balaban J connectivity index is 0.00000242. The number of benzene rings is 1. The molecule has 2 rings (SSSR count). The molecule has 0 fully saturated rings. The lowest BCUT2D eigenvalue weighted by Crippen LogP contribution is -2.14. The fourth-order valence-electron chi connectivity index (χ4n) is 2.16. The van der Waals surface area contributed by atoms with Gasteiger partial charge in [-0.2, -0.15) is 5.10 Å². The van der Waals surface area contributed by atoms with Gasteiger partial charge in [-0.05, 0) is 36.5 Å². The van der Waals surface area contributed by atoms with Crippen LogP contribution in [0.4, 0.5) is 11.5 Å². The number of rotatable bonds is 3. The number of anilines is 2. The lowest BCUT2D eigenvalue weighted by atomic mass is 9.91. The molecule has 0 saturated carbocycles. The van der Waals surface area contributed by atoms with Gasteiger partial charge in [0.25, 0.3) is 5.91 Å². The predicted molar refractivity (Wildman–Crippen MR) is 92.5 cm³/mol. The van der Waals surface area contributed by atoms with Crippen molar-refractivity contribution in [1.82, 2.24) is 10.2 Å². The second kappa shape index (κ2) is 6.83. The van der Waals surface area contributed by atoms with Crippen molar-refractivity contribution in [2.45, 2.75) is 34.1 Å². The number of halogens is 1. The Morgan fingerprint density at radius 1 is 1.32 bits per heavy atom. The van der Waals surface area contributed by atoms with E-state index in [-0.39, 0.29) is 23.7 Å². The highest BCUT2D eigenvalue weighted by atomic mass is 35.5. The number of nitrogens with two attached hydrogens (primary N) is 1. The van der Waals surface area contributed by atoms with Crippen LogP contribution in [0.15, 0.2) is 24.3 Å². The second-order valence-corrected chi connectivity index (χ2v) is 6.54. The van der Waals surface area contributed by atoms with Gasteiger partial charge in [-0.15, -0.1) is 12.4 Å². The molecule has 0 spiro atoms. The summed E-state index contributed by atoms with van der Waals surface area (Å²) in [6, 6.07) is 7.15. The van der Waals surface area contributed by atoms with Gasteiger partial charge in [-0.25, -0.2) is 0 Å². The lowest BCUT2D eigenvalue weighted by Gasteiger charge is -2.15. The summed E-state index contributed by atoms with van der Waals surface area (Å²) in [5.41, 5.74) is 8.91. The Kier molecular flexibility index (Phi) is 5.60. The van der Waals surface area contributed by atoms with Crippen LogP contribution in [0.3, 0.4) is 0 Å². The summed E-state index contributed by atoms with van der Waals surface area (Å²) >= 11 is 0. The molecular formula is C16H23ClN4O. The standard InChI is InChI=1S/C16H22N4O.ClH/c1-10-5-6-11(17)7-13(10)15(21)18-14-8-12(19-20-14)9-16(2,3)4;/h5-8H,9,17H2,1-4H3,(H2,18,19,20,21);1H. The lowest BCUT2D eigenvalue weighted by molar-refractivity contribution is 0.102. The molecule has 22 heavy (non-hydrogen) atoms. The number of aryl methyl sites for hydroxylation is 1. The van der Waals surface area contributed by atoms with Gasteiger partial charge >= 0.3 is 0 Å². The van der Waals surface area contributed by atoms with E-state index in [2.05, 4.69) is 36.3 Å². The van der Waals surface area contributed by atoms with Gasteiger partial charge in [0.1, 0.15) is 0 Å². The van der Waals surface area contributed by atoms with E-state index in [9.17, 15) is 4.79 Å². The molecule has 6 heteroatoms. The van der Waals surface area contributed by atoms with Crippen molar-refractivity contribution in [3.8, 4) is 0 Å². The molecule has 0 aliphatic heterocycles. The molecule has 1 aromatic carbocycles. The van der Waals surface area contributed by atoms with Crippen LogP contribution in [0.1, 0.15) is 42.4 Å². The van der Waals surface area contributed by atoms with Crippen LogP contribution in [0.2, 0.25) is 0 Å². The first kappa shape index (κ1) is 18.0. The van der Waals surface area contributed by atoms with Crippen LogP contribution >= 0.6 is 12.4 Å². The van der Waals surface area contributed by atoms with Gasteiger partial charge in [0.2, 0.25) is 0 Å². The number of H-pyrrole nitrogens is 1. The number of nitrogens with zero attached hydrogens (tertiary/aromatic N) is 1. The van der Waals surface area contributed by atoms with Crippen LogP contribution in [-0.4, -0.2) is 16.1 Å². The van der Waals surface area contributed by atoms with E-state index in [1.807, 2.05) is 19.1 Å². The highest BCUT2D eigenvalue weighted by Crippen LogP contribution is 2.21. The van der Waals surface area contributed by atoms with Gasteiger partial charge in [-0.1, -0.05) is 26.8 Å². The normalized spacial score (nSPS) is 10.9. The Bertz CT molecular complexity index is 658. The molecule has 0 radical (unpaired) electrons. The number of aromatic amines is 1. The third-order valence-corrected chi connectivity index (χ3v) is 3.10. The van der Waals surface area contributed by atoms with Crippen molar-refractivity contribution in [3.05, 3.63) is 41.1 Å². The van der Waals surface area contributed by atoms with E-state index < -0.39 is 0 Å². The average Bonchev–Trinajstić information content (AvgIpc) is 2.77. The zero-order valence-electron chi connectivity index (χ0n) is 13.4. The Labute approximate surface area is 137 Å². The van der Waals surface area contributed by atoms with Crippen molar-refractivity contribution >= 4 is 29.8 Å². The molecule has 0 bridgehead atoms. The van der Waals surface area contributed by atoms with Gasteiger partial charge < -0.3 is 11.1 Å². The monoisotopic (exact) mass is 322 g/mol. The SMILES string of the molecule is Cc1ccc(N)cc1C(=O)Nc1cc(CC(C)(C)C)[nH]n1.Cl. The molecule has 0 atom stereocenters. The van der Waals surface area contributed by atoms with Crippen LogP contribution in [0, 0.1) is 12.3 Å². The van der Waals surface area contributed by atoms with Crippen LogP contribution < -0.4 is 11.1 Å².